The van der Waals surface area contributed by atoms with E-state index < -0.39 is 5.97 Å². The molecule has 0 radical (unpaired) electrons. The van der Waals surface area contributed by atoms with Gasteiger partial charge in [-0.15, -0.1) is 0 Å². The number of hydrogen-bond donors (Lipinski definition) is 2. The van der Waals surface area contributed by atoms with Crippen molar-refractivity contribution in [2.75, 3.05) is 24.7 Å². The zero-order chi connectivity index (χ0) is 11.4. The van der Waals surface area contributed by atoms with Gasteiger partial charge in [0.15, 0.2) is 0 Å². The van der Waals surface area contributed by atoms with Gasteiger partial charge in [0.1, 0.15) is 0 Å². The van der Waals surface area contributed by atoms with Crippen molar-refractivity contribution in [3.63, 3.8) is 0 Å². The van der Waals surface area contributed by atoms with E-state index in [9.17, 15) is 4.79 Å². The Labute approximate surface area is 94.9 Å². The van der Waals surface area contributed by atoms with E-state index in [0.717, 1.165) is 25.4 Å². The van der Waals surface area contributed by atoms with Crippen molar-refractivity contribution >= 4 is 11.7 Å². The molecule has 1 aliphatic heterocycles. The number of hydrogen-bond acceptors (Lipinski definition) is 3. The monoisotopic (exact) mass is 220 g/mol. The number of anilines is 1. The molecule has 0 amide bonds. The average Bonchev–Trinajstić information content (AvgIpc) is 2.30. The molecule has 1 atom stereocenters. The summed E-state index contributed by atoms with van der Waals surface area (Å²) in [5.41, 5.74) is 1.14. The number of nitrogens with one attached hydrogen (secondary N) is 1. The van der Waals surface area contributed by atoms with Crippen LogP contribution in [-0.2, 0) is 4.79 Å². The predicted octanol–water partition coefficient (Wildman–Crippen LogP) is 1.14. The first-order valence-corrected chi connectivity index (χ1v) is 5.48. The fourth-order valence-corrected chi connectivity index (χ4v) is 2.06. The summed E-state index contributed by atoms with van der Waals surface area (Å²) < 4.78 is 0. The SMILES string of the molecule is O=C(O)CC1CNCN(c2ccccc2)C1. The van der Waals surface area contributed by atoms with Gasteiger partial charge < -0.3 is 10.0 Å². The number of carboxylic acids is 1. The fraction of sp³-hybridized carbons (Fsp3) is 0.417. The van der Waals surface area contributed by atoms with Gasteiger partial charge in [-0.25, -0.2) is 0 Å². The van der Waals surface area contributed by atoms with E-state index in [0.29, 0.717) is 0 Å². The van der Waals surface area contributed by atoms with E-state index in [4.69, 9.17) is 5.11 Å². The van der Waals surface area contributed by atoms with E-state index >= 15 is 0 Å². The number of carbonyl (C=O) groups is 1. The second-order valence-electron chi connectivity index (χ2n) is 4.13. The number of aliphatic carboxylic acids is 1. The minimum atomic E-state index is -0.721. The van der Waals surface area contributed by atoms with E-state index in [1.165, 1.54) is 0 Å². The largest absolute Gasteiger partial charge is 0.481 e. The van der Waals surface area contributed by atoms with Gasteiger partial charge in [-0.1, -0.05) is 18.2 Å². The van der Waals surface area contributed by atoms with Crippen LogP contribution in [0.1, 0.15) is 6.42 Å². The van der Waals surface area contributed by atoms with Crippen molar-refractivity contribution in [3.05, 3.63) is 30.3 Å². The molecular formula is C12H16N2O2. The van der Waals surface area contributed by atoms with Crippen LogP contribution in [0.15, 0.2) is 30.3 Å². The number of carboxylic acid groups (broad SMARTS) is 1. The number of rotatable bonds is 3. The van der Waals surface area contributed by atoms with Gasteiger partial charge in [-0.2, -0.15) is 0 Å². The Morgan fingerprint density at radius 2 is 2.19 bits per heavy atom. The highest BCUT2D eigenvalue weighted by Crippen LogP contribution is 2.18. The standard InChI is InChI=1S/C12H16N2O2/c15-12(16)6-10-7-13-9-14(8-10)11-4-2-1-3-5-11/h1-5,10,13H,6-9H2,(H,15,16). The molecule has 1 aromatic rings. The van der Waals surface area contributed by atoms with Crippen LogP contribution in [0.3, 0.4) is 0 Å². The zero-order valence-corrected chi connectivity index (χ0v) is 9.10. The van der Waals surface area contributed by atoms with Gasteiger partial charge in [0.25, 0.3) is 0 Å². The second kappa shape index (κ2) is 4.99. The number of nitrogens with zero attached hydrogens (tertiary/aromatic N) is 1. The van der Waals surface area contributed by atoms with Crippen LogP contribution in [0.25, 0.3) is 0 Å². The maximum Gasteiger partial charge on any atom is 0.303 e. The molecule has 4 nitrogen and oxygen atoms in total. The Balaban J connectivity index is 1.99. The Bertz CT molecular complexity index is 353. The van der Waals surface area contributed by atoms with Crippen molar-refractivity contribution < 1.29 is 9.90 Å². The Morgan fingerprint density at radius 1 is 1.44 bits per heavy atom. The van der Waals surface area contributed by atoms with Crippen molar-refractivity contribution in [3.8, 4) is 0 Å². The average molecular weight is 220 g/mol. The second-order valence-corrected chi connectivity index (χ2v) is 4.13. The third-order valence-corrected chi connectivity index (χ3v) is 2.80. The lowest BCUT2D eigenvalue weighted by Gasteiger charge is -2.34. The molecule has 0 aromatic heterocycles. The van der Waals surface area contributed by atoms with Crippen LogP contribution in [0.4, 0.5) is 5.69 Å². The molecule has 0 saturated carbocycles. The van der Waals surface area contributed by atoms with Crippen LogP contribution in [0.2, 0.25) is 0 Å². The summed E-state index contributed by atoms with van der Waals surface area (Å²) in [5, 5.41) is 12.0. The third-order valence-electron chi connectivity index (χ3n) is 2.80. The molecule has 0 aliphatic carbocycles. The Kier molecular flexibility index (Phi) is 3.41. The summed E-state index contributed by atoms with van der Waals surface area (Å²) in [6.45, 7) is 2.39. The number of benzene rings is 1. The molecular weight excluding hydrogens is 204 g/mol. The lowest BCUT2D eigenvalue weighted by Crippen LogP contribution is -2.47. The summed E-state index contributed by atoms with van der Waals surface area (Å²) in [7, 11) is 0. The van der Waals surface area contributed by atoms with Gasteiger partial charge in [0.05, 0.1) is 13.1 Å². The summed E-state index contributed by atoms with van der Waals surface area (Å²) in [6.07, 6.45) is 0.232. The minimum absolute atomic E-state index is 0.187. The summed E-state index contributed by atoms with van der Waals surface area (Å²) >= 11 is 0. The molecule has 4 heteroatoms. The first-order chi connectivity index (χ1) is 7.75. The normalized spacial score (nSPS) is 20.8. The van der Waals surface area contributed by atoms with Crippen molar-refractivity contribution in [2.45, 2.75) is 6.42 Å². The Hall–Kier alpha value is -1.55. The molecule has 1 aromatic carbocycles. The molecule has 1 saturated heterocycles. The lowest BCUT2D eigenvalue weighted by atomic mass is 10.0. The third kappa shape index (κ3) is 2.73. The first-order valence-electron chi connectivity index (χ1n) is 5.48. The summed E-state index contributed by atoms with van der Waals surface area (Å²) in [6, 6.07) is 10.1. The lowest BCUT2D eigenvalue weighted by molar-refractivity contribution is -0.138. The molecule has 0 bridgehead atoms. The maximum atomic E-state index is 10.7. The van der Waals surface area contributed by atoms with Crippen molar-refractivity contribution in [2.24, 2.45) is 5.92 Å². The maximum absolute atomic E-state index is 10.7. The zero-order valence-electron chi connectivity index (χ0n) is 9.10. The van der Waals surface area contributed by atoms with Gasteiger partial charge in [-0.3, -0.25) is 10.1 Å². The molecule has 1 unspecified atom stereocenters. The van der Waals surface area contributed by atoms with Gasteiger partial charge in [0, 0.05) is 18.8 Å². The molecule has 2 N–H and O–H groups in total. The highest BCUT2D eigenvalue weighted by atomic mass is 16.4. The summed E-state index contributed by atoms with van der Waals surface area (Å²) in [4.78, 5) is 12.8. The molecule has 86 valence electrons. The highest BCUT2D eigenvalue weighted by Gasteiger charge is 2.21. The molecule has 0 spiro atoms. The van der Waals surface area contributed by atoms with E-state index in [2.05, 4.69) is 10.2 Å². The van der Waals surface area contributed by atoms with Crippen LogP contribution < -0.4 is 10.2 Å². The van der Waals surface area contributed by atoms with E-state index in [1.54, 1.807) is 0 Å². The van der Waals surface area contributed by atoms with Crippen LogP contribution in [0.5, 0.6) is 0 Å². The molecule has 1 aliphatic rings. The molecule has 16 heavy (non-hydrogen) atoms. The molecule has 1 heterocycles. The van der Waals surface area contributed by atoms with Crippen molar-refractivity contribution in [1.82, 2.24) is 5.32 Å². The van der Waals surface area contributed by atoms with Gasteiger partial charge in [-0.05, 0) is 18.1 Å². The van der Waals surface area contributed by atoms with E-state index in [-0.39, 0.29) is 12.3 Å². The van der Waals surface area contributed by atoms with Gasteiger partial charge in [0.2, 0.25) is 0 Å². The fourth-order valence-electron chi connectivity index (χ4n) is 2.06. The van der Waals surface area contributed by atoms with Crippen LogP contribution in [-0.4, -0.2) is 30.8 Å². The van der Waals surface area contributed by atoms with Gasteiger partial charge >= 0.3 is 5.97 Å². The molecule has 2 rings (SSSR count). The predicted molar refractivity (Wildman–Crippen MR) is 62.4 cm³/mol. The first kappa shape index (κ1) is 11.0. The quantitative estimate of drug-likeness (QED) is 0.802. The Morgan fingerprint density at radius 3 is 2.88 bits per heavy atom. The number of para-hydroxylation sites is 1. The summed E-state index contributed by atoms with van der Waals surface area (Å²) in [5.74, 6) is -0.534. The minimum Gasteiger partial charge on any atom is -0.481 e. The highest BCUT2D eigenvalue weighted by molar-refractivity contribution is 5.67. The van der Waals surface area contributed by atoms with Crippen LogP contribution >= 0.6 is 0 Å². The molecule has 1 fully saturated rings. The topological polar surface area (TPSA) is 52.6 Å². The van der Waals surface area contributed by atoms with Crippen LogP contribution in [0, 0.1) is 5.92 Å². The van der Waals surface area contributed by atoms with E-state index in [1.807, 2.05) is 30.3 Å². The smallest absolute Gasteiger partial charge is 0.303 e. The van der Waals surface area contributed by atoms with Crippen molar-refractivity contribution in [1.29, 1.82) is 0 Å².